The molecule has 0 spiro atoms. The number of rotatable bonds is 9. The molecule has 0 aromatic heterocycles. The lowest BCUT2D eigenvalue weighted by atomic mass is 9.99. The summed E-state index contributed by atoms with van der Waals surface area (Å²) >= 11 is 0. The number of nitrogens with one attached hydrogen (secondary N) is 1. The summed E-state index contributed by atoms with van der Waals surface area (Å²) in [5, 5.41) is 3.42. The van der Waals surface area contributed by atoms with Crippen LogP contribution in [0.15, 0.2) is 17.1 Å². The molecule has 1 N–H and O–H groups in total. The van der Waals surface area contributed by atoms with Crippen molar-refractivity contribution in [2.45, 2.75) is 19.4 Å². The molecule has 1 aromatic rings. The highest BCUT2D eigenvalue weighted by Gasteiger charge is 2.21. The number of guanidine groups is 1. The van der Waals surface area contributed by atoms with Crippen LogP contribution in [0, 0.1) is 0 Å². The van der Waals surface area contributed by atoms with Crippen LogP contribution in [0.25, 0.3) is 0 Å². The second kappa shape index (κ2) is 10.9. The molecular formula is C19H31N3O4. The lowest BCUT2D eigenvalue weighted by molar-refractivity contribution is 0.0698. The van der Waals surface area contributed by atoms with Crippen molar-refractivity contribution in [1.29, 1.82) is 0 Å². The van der Waals surface area contributed by atoms with Crippen molar-refractivity contribution in [3.05, 3.63) is 23.3 Å². The summed E-state index contributed by atoms with van der Waals surface area (Å²) in [6.45, 7) is 4.55. The van der Waals surface area contributed by atoms with Crippen LogP contribution in [-0.4, -0.2) is 72.1 Å². The van der Waals surface area contributed by atoms with Gasteiger partial charge >= 0.3 is 0 Å². The lowest BCUT2D eigenvalue weighted by Gasteiger charge is -2.32. The molecule has 0 unspecified atom stereocenters. The summed E-state index contributed by atoms with van der Waals surface area (Å²) < 4.78 is 21.3. The Labute approximate surface area is 156 Å². The number of benzene rings is 1. The summed E-state index contributed by atoms with van der Waals surface area (Å²) in [6.07, 6.45) is 1.88. The van der Waals surface area contributed by atoms with Crippen LogP contribution in [-0.2, 0) is 22.4 Å². The fraction of sp³-hybridized carbons (Fsp3) is 0.632. The Morgan fingerprint density at radius 1 is 1.08 bits per heavy atom. The van der Waals surface area contributed by atoms with E-state index in [1.165, 1.54) is 11.1 Å². The minimum absolute atomic E-state index is 0.635. The second-order valence-electron chi connectivity index (χ2n) is 6.08. The van der Waals surface area contributed by atoms with E-state index in [-0.39, 0.29) is 0 Å². The number of ether oxygens (including phenoxy) is 4. The van der Waals surface area contributed by atoms with Gasteiger partial charge in [-0.1, -0.05) is 0 Å². The van der Waals surface area contributed by atoms with Crippen molar-refractivity contribution in [2.75, 3.05) is 61.3 Å². The fourth-order valence-electron chi connectivity index (χ4n) is 3.01. The standard InChI is InChI=1S/C19H31N3O4/c1-20-19(21-7-5-9-26-11-10-23-2)22-8-6-15-12-17(24-3)18(25-4)13-16(15)14-22/h12-13H,5-11,14H2,1-4H3,(H,20,21). The van der Waals surface area contributed by atoms with Crippen LogP contribution in [0.3, 0.4) is 0 Å². The molecule has 2 rings (SSSR count). The normalized spacial score (nSPS) is 14.2. The first-order chi connectivity index (χ1) is 12.7. The van der Waals surface area contributed by atoms with Gasteiger partial charge in [-0.05, 0) is 36.1 Å². The number of hydrogen-bond donors (Lipinski definition) is 1. The van der Waals surface area contributed by atoms with Crippen LogP contribution in [0.4, 0.5) is 0 Å². The molecule has 1 aliphatic rings. The monoisotopic (exact) mass is 365 g/mol. The molecule has 7 nitrogen and oxygen atoms in total. The molecule has 0 radical (unpaired) electrons. The Hall–Kier alpha value is -1.99. The van der Waals surface area contributed by atoms with E-state index in [9.17, 15) is 0 Å². The van der Waals surface area contributed by atoms with Crippen molar-refractivity contribution in [1.82, 2.24) is 10.2 Å². The van der Waals surface area contributed by atoms with Gasteiger partial charge in [-0.3, -0.25) is 4.99 Å². The van der Waals surface area contributed by atoms with Gasteiger partial charge in [0.15, 0.2) is 17.5 Å². The molecule has 1 aromatic carbocycles. The highest BCUT2D eigenvalue weighted by molar-refractivity contribution is 5.80. The van der Waals surface area contributed by atoms with Crippen LogP contribution in [0.1, 0.15) is 17.5 Å². The second-order valence-corrected chi connectivity index (χ2v) is 6.08. The van der Waals surface area contributed by atoms with E-state index in [1.54, 1.807) is 21.3 Å². The van der Waals surface area contributed by atoms with Crippen LogP contribution in [0.5, 0.6) is 11.5 Å². The predicted octanol–water partition coefficient (Wildman–Crippen LogP) is 1.69. The molecule has 0 amide bonds. The molecule has 1 aliphatic heterocycles. The SMILES string of the molecule is CN=C(NCCCOCCOC)N1CCc2cc(OC)c(OC)cc2C1. The maximum Gasteiger partial charge on any atom is 0.193 e. The molecular weight excluding hydrogens is 334 g/mol. The summed E-state index contributed by atoms with van der Waals surface area (Å²) in [7, 11) is 6.84. The van der Waals surface area contributed by atoms with Crippen molar-refractivity contribution < 1.29 is 18.9 Å². The van der Waals surface area contributed by atoms with Gasteiger partial charge in [0, 0.05) is 40.4 Å². The van der Waals surface area contributed by atoms with E-state index >= 15 is 0 Å². The van der Waals surface area contributed by atoms with Crippen molar-refractivity contribution in [3.8, 4) is 11.5 Å². The largest absolute Gasteiger partial charge is 0.493 e. The third-order valence-electron chi connectivity index (χ3n) is 4.41. The van der Waals surface area contributed by atoms with E-state index in [1.807, 2.05) is 7.05 Å². The Bertz CT molecular complexity index is 592. The van der Waals surface area contributed by atoms with Crippen molar-refractivity contribution in [3.63, 3.8) is 0 Å². The highest BCUT2D eigenvalue weighted by atomic mass is 16.5. The average Bonchev–Trinajstić information content (AvgIpc) is 2.68. The molecule has 1 heterocycles. The van der Waals surface area contributed by atoms with Crippen molar-refractivity contribution >= 4 is 5.96 Å². The minimum Gasteiger partial charge on any atom is -0.493 e. The summed E-state index contributed by atoms with van der Waals surface area (Å²) in [5.74, 6) is 2.47. The number of fused-ring (bicyclic) bond motifs is 1. The van der Waals surface area contributed by atoms with E-state index in [0.717, 1.165) is 49.9 Å². The molecule has 7 heteroatoms. The predicted molar refractivity (Wildman–Crippen MR) is 102 cm³/mol. The fourth-order valence-corrected chi connectivity index (χ4v) is 3.01. The van der Waals surface area contributed by atoms with Gasteiger partial charge in [0.05, 0.1) is 27.4 Å². The Kier molecular flexibility index (Phi) is 8.50. The summed E-state index contributed by atoms with van der Waals surface area (Å²) in [6, 6.07) is 4.15. The zero-order chi connectivity index (χ0) is 18.8. The molecule has 0 atom stereocenters. The zero-order valence-corrected chi connectivity index (χ0v) is 16.3. The average molecular weight is 365 g/mol. The summed E-state index contributed by atoms with van der Waals surface area (Å²) in [4.78, 5) is 6.69. The third kappa shape index (κ3) is 5.51. The van der Waals surface area contributed by atoms with Crippen LogP contribution >= 0.6 is 0 Å². The van der Waals surface area contributed by atoms with Gasteiger partial charge in [0.2, 0.25) is 0 Å². The van der Waals surface area contributed by atoms with Gasteiger partial charge < -0.3 is 29.2 Å². The Morgan fingerprint density at radius 2 is 1.81 bits per heavy atom. The van der Waals surface area contributed by atoms with E-state index in [2.05, 4.69) is 27.3 Å². The van der Waals surface area contributed by atoms with Crippen LogP contribution in [0.2, 0.25) is 0 Å². The van der Waals surface area contributed by atoms with Gasteiger partial charge in [0.25, 0.3) is 0 Å². The molecule has 0 saturated heterocycles. The number of aliphatic imine (C=N–C) groups is 1. The van der Waals surface area contributed by atoms with Crippen LogP contribution < -0.4 is 14.8 Å². The molecule has 0 fully saturated rings. The van der Waals surface area contributed by atoms with Gasteiger partial charge in [-0.15, -0.1) is 0 Å². The molecule has 0 saturated carbocycles. The van der Waals surface area contributed by atoms with E-state index in [4.69, 9.17) is 18.9 Å². The lowest BCUT2D eigenvalue weighted by Crippen LogP contribution is -2.44. The molecule has 0 aliphatic carbocycles. The first kappa shape index (κ1) is 20.3. The number of nitrogens with zero attached hydrogens (tertiary/aromatic N) is 2. The highest BCUT2D eigenvalue weighted by Crippen LogP contribution is 2.33. The van der Waals surface area contributed by atoms with E-state index in [0.29, 0.717) is 19.8 Å². The molecule has 146 valence electrons. The first-order valence-corrected chi connectivity index (χ1v) is 8.99. The minimum atomic E-state index is 0.635. The summed E-state index contributed by atoms with van der Waals surface area (Å²) in [5.41, 5.74) is 2.56. The van der Waals surface area contributed by atoms with E-state index < -0.39 is 0 Å². The molecule has 26 heavy (non-hydrogen) atoms. The zero-order valence-electron chi connectivity index (χ0n) is 16.3. The smallest absolute Gasteiger partial charge is 0.193 e. The van der Waals surface area contributed by atoms with Gasteiger partial charge in [0.1, 0.15) is 0 Å². The van der Waals surface area contributed by atoms with Gasteiger partial charge in [-0.2, -0.15) is 0 Å². The molecule has 0 bridgehead atoms. The van der Waals surface area contributed by atoms with Gasteiger partial charge in [-0.25, -0.2) is 0 Å². The Morgan fingerprint density at radius 3 is 2.46 bits per heavy atom. The quantitative estimate of drug-likeness (QED) is 0.408. The first-order valence-electron chi connectivity index (χ1n) is 8.99. The van der Waals surface area contributed by atoms with Crippen molar-refractivity contribution in [2.24, 2.45) is 4.99 Å². The Balaban J connectivity index is 1.87. The maximum absolute atomic E-state index is 5.48. The number of methoxy groups -OCH3 is 3. The third-order valence-corrected chi connectivity index (χ3v) is 4.41. The maximum atomic E-state index is 5.48. The topological polar surface area (TPSA) is 64.6 Å². The number of hydrogen-bond acceptors (Lipinski definition) is 5.